The fourth-order valence-electron chi connectivity index (χ4n) is 3.23. The van der Waals surface area contributed by atoms with Crippen molar-refractivity contribution >= 4 is 22.6 Å². The summed E-state index contributed by atoms with van der Waals surface area (Å²) in [6, 6.07) is 10.2. The van der Waals surface area contributed by atoms with Gasteiger partial charge in [0.1, 0.15) is 17.6 Å². The SMILES string of the molecule is O=c1c(-c2ccc(Cl)cc2)coc2c(CN3CCCOC3)c(O)ccc12. The first-order valence-corrected chi connectivity index (χ1v) is 8.83. The van der Waals surface area contributed by atoms with E-state index in [0.717, 1.165) is 25.1 Å². The fourth-order valence-corrected chi connectivity index (χ4v) is 3.35. The number of phenolic OH excluding ortho intramolecular Hbond substituents is 1. The molecule has 2 aromatic carbocycles. The van der Waals surface area contributed by atoms with Crippen LogP contribution < -0.4 is 5.43 Å². The van der Waals surface area contributed by atoms with E-state index >= 15 is 0 Å². The molecule has 0 radical (unpaired) electrons. The zero-order chi connectivity index (χ0) is 18.1. The van der Waals surface area contributed by atoms with Crippen LogP contribution in [0, 0.1) is 0 Å². The van der Waals surface area contributed by atoms with Crippen LogP contribution in [-0.4, -0.2) is 29.9 Å². The van der Waals surface area contributed by atoms with Gasteiger partial charge in [-0.05, 0) is 36.2 Å². The highest BCUT2D eigenvalue weighted by atomic mass is 35.5. The van der Waals surface area contributed by atoms with Crippen LogP contribution in [0.3, 0.4) is 0 Å². The first-order chi connectivity index (χ1) is 12.6. The lowest BCUT2D eigenvalue weighted by Crippen LogP contribution is -2.32. The number of phenols is 1. The Morgan fingerprint density at radius 1 is 1.15 bits per heavy atom. The normalized spacial score (nSPS) is 15.4. The average molecular weight is 372 g/mol. The Balaban J connectivity index is 1.79. The van der Waals surface area contributed by atoms with Crippen LogP contribution >= 0.6 is 11.6 Å². The van der Waals surface area contributed by atoms with Crippen LogP contribution in [0.25, 0.3) is 22.1 Å². The van der Waals surface area contributed by atoms with E-state index in [9.17, 15) is 9.90 Å². The summed E-state index contributed by atoms with van der Waals surface area (Å²) in [5.41, 5.74) is 2.09. The minimum Gasteiger partial charge on any atom is -0.507 e. The molecule has 0 atom stereocenters. The Morgan fingerprint density at radius 2 is 1.96 bits per heavy atom. The van der Waals surface area contributed by atoms with Gasteiger partial charge in [-0.15, -0.1) is 0 Å². The maximum atomic E-state index is 13.0. The molecule has 0 saturated carbocycles. The number of aromatic hydroxyl groups is 1. The second kappa shape index (κ2) is 7.11. The second-order valence-corrected chi connectivity index (χ2v) is 6.81. The molecule has 0 aliphatic carbocycles. The first kappa shape index (κ1) is 17.1. The van der Waals surface area contributed by atoms with E-state index in [0.29, 0.717) is 40.4 Å². The molecular formula is C20H18ClNO4. The van der Waals surface area contributed by atoms with E-state index in [4.69, 9.17) is 20.8 Å². The minimum absolute atomic E-state index is 0.116. The van der Waals surface area contributed by atoms with Gasteiger partial charge in [0.05, 0.1) is 23.2 Å². The third-order valence-electron chi connectivity index (χ3n) is 4.59. The van der Waals surface area contributed by atoms with E-state index in [1.165, 1.54) is 6.26 Å². The molecule has 0 spiro atoms. The van der Waals surface area contributed by atoms with Crippen molar-refractivity contribution in [2.24, 2.45) is 0 Å². The molecule has 4 rings (SSSR count). The van der Waals surface area contributed by atoms with Gasteiger partial charge in [-0.2, -0.15) is 0 Å². The van der Waals surface area contributed by atoms with Gasteiger partial charge < -0.3 is 14.3 Å². The average Bonchev–Trinajstić information content (AvgIpc) is 2.66. The third kappa shape index (κ3) is 3.21. The van der Waals surface area contributed by atoms with Gasteiger partial charge >= 0.3 is 0 Å². The number of fused-ring (bicyclic) bond motifs is 1. The Labute approximate surface area is 155 Å². The molecule has 5 nitrogen and oxygen atoms in total. The van der Waals surface area contributed by atoms with Crippen molar-refractivity contribution < 1.29 is 14.3 Å². The quantitative estimate of drug-likeness (QED) is 0.754. The molecule has 6 heteroatoms. The van der Waals surface area contributed by atoms with E-state index in [2.05, 4.69) is 4.90 Å². The summed E-state index contributed by atoms with van der Waals surface area (Å²) < 4.78 is 11.3. The van der Waals surface area contributed by atoms with Gasteiger partial charge in [-0.3, -0.25) is 9.69 Å². The molecule has 26 heavy (non-hydrogen) atoms. The van der Waals surface area contributed by atoms with Crippen molar-refractivity contribution in [1.82, 2.24) is 4.90 Å². The fraction of sp³-hybridized carbons (Fsp3) is 0.250. The summed E-state index contributed by atoms with van der Waals surface area (Å²) in [5.74, 6) is 0.116. The van der Waals surface area contributed by atoms with E-state index in [1.807, 2.05) is 0 Å². The number of hydrogen-bond donors (Lipinski definition) is 1. The Kier molecular flexibility index (Phi) is 4.68. The number of benzene rings is 2. The predicted molar refractivity (Wildman–Crippen MR) is 100 cm³/mol. The molecule has 1 aliphatic heterocycles. The van der Waals surface area contributed by atoms with Crippen molar-refractivity contribution in [3.63, 3.8) is 0 Å². The Morgan fingerprint density at radius 3 is 2.69 bits per heavy atom. The highest BCUT2D eigenvalue weighted by Gasteiger charge is 2.19. The molecule has 1 N–H and O–H groups in total. The van der Waals surface area contributed by atoms with E-state index < -0.39 is 0 Å². The lowest BCUT2D eigenvalue weighted by molar-refractivity contribution is -0.0178. The lowest BCUT2D eigenvalue weighted by Gasteiger charge is -2.26. The molecule has 0 unspecified atom stereocenters. The van der Waals surface area contributed by atoms with Crippen LogP contribution in [-0.2, 0) is 11.3 Å². The molecule has 3 aromatic rings. The second-order valence-electron chi connectivity index (χ2n) is 6.37. The van der Waals surface area contributed by atoms with Crippen LogP contribution in [0.5, 0.6) is 5.75 Å². The predicted octanol–water partition coefficient (Wildman–Crippen LogP) is 4.00. The van der Waals surface area contributed by atoms with E-state index in [1.54, 1.807) is 36.4 Å². The molecule has 1 fully saturated rings. The molecule has 0 amide bonds. The molecule has 1 aliphatic rings. The summed E-state index contributed by atoms with van der Waals surface area (Å²) in [6.45, 7) is 2.59. The summed E-state index contributed by atoms with van der Waals surface area (Å²) in [4.78, 5) is 15.0. The van der Waals surface area contributed by atoms with Gasteiger partial charge in [0.15, 0.2) is 0 Å². The third-order valence-corrected chi connectivity index (χ3v) is 4.85. The van der Waals surface area contributed by atoms with Crippen molar-refractivity contribution in [1.29, 1.82) is 0 Å². The van der Waals surface area contributed by atoms with Crippen LogP contribution in [0.4, 0.5) is 0 Å². The van der Waals surface area contributed by atoms with E-state index in [-0.39, 0.29) is 11.2 Å². The number of hydrogen-bond acceptors (Lipinski definition) is 5. The minimum atomic E-state index is -0.135. The molecule has 2 heterocycles. The number of halogens is 1. The van der Waals surface area contributed by atoms with Gasteiger partial charge in [0, 0.05) is 24.7 Å². The summed E-state index contributed by atoms with van der Waals surface area (Å²) in [5, 5.41) is 11.4. The molecule has 1 saturated heterocycles. The first-order valence-electron chi connectivity index (χ1n) is 8.46. The van der Waals surface area contributed by atoms with Crippen LogP contribution in [0.1, 0.15) is 12.0 Å². The standard InChI is InChI=1S/C20H18ClNO4/c21-14-4-2-13(3-5-14)17-11-26-20-15(19(17)24)6-7-18(23)16(20)10-22-8-1-9-25-12-22/h2-7,11,23H,1,8-10,12H2. The van der Waals surface area contributed by atoms with Gasteiger partial charge in [0.2, 0.25) is 5.43 Å². The van der Waals surface area contributed by atoms with Crippen molar-refractivity contribution in [3.05, 3.63) is 63.5 Å². The van der Waals surface area contributed by atoms with Crippen LogP contribution in [0.15, 0.2) is 51.9 Å². The largest absolute Gasteiger partial charge is 0.507 e. The number of rotatable bonds is 3. The van der Waals surface area contributed by atoms with Crippen molar-refractivity contribution in [2.75, 3.05) is 19.9 Å². The zero-order valence-electron chi connectivity index (χ0n) is 14.1. The molecular weight excluding hydrogens is 354 g/mol. The monoisotopic (exact) mass is 371 g/mol. The lowest BCUT2D eigenvalue weighted by atomic mass is 10.0. The topological polar surface area (TPSA) is 62.9 Å². The molecule has 134 valence electrons. The maximum absolute atomic E-state index is 13.0. The van der Waals surface area contributed by atoms with Crippen LogP contribution in [0.2, 0.25) is 5.02 Å². The molecule has 1 aromatic heterocycles. The Hall–Kier alpha value is -2.34. The van der Waals surface area contributed by atoms with Gasteiger partial charge in [-0.25, -0.2) is 0 Å². The van der Waals surface area contributed by atoms with Gasteiger partial charge in [0.25, 0.3) is 0 Å². The summed E-state index contributed by atoms with van der Waals surface area (Å²) >= 11 is 5.92. The Bertz CT molecular complexity index is 991. The number of ether oxygens (including phenoxy) is 1. The highest BCUT2D eigenvalue weighted by Crippen LogP contribution is 2.29. The van der Waals surface area contributed by atoms with Crippen molar-refractivity contribution in [3.8, 4) is 16.9 Å². The summed E-state index contributed by atoms with van der Waals surface area (Å²) in [7, 11) is 0. The molecule has 0 bridgehead atoms. The summed E-state index contributed by atoms with van der Waals surface area (Å²) in [6.07, 6.45) is 2.39. The smallest absolute Gasteiger partial charge is 0.200 e. The maximum Gasteiger partial charge on any atom is 0.200 e. The zero-order valence-corrected chi connectivity index (χ0v) is 14.8. The van der Waals surface area contributed by atoms with Crippen molar-refractivity contribution in [2.45, 2.75) is 13.0 Å². The highest BCUT2D eigenvalue weighted by molar-refractivity contribution is 6.30. The van der Waals surface area contributed by atoms with Gasteiger partial charge in [-0.1, -0.05) is 23.7 Å². The number of nitrogens with zero attached hydrogens (tertiary/aromatic N) is 1.